The van der Waals surface area contributed by atoms with E-state index in [0.717, 1.165) is 43.4 Å². The van der Waals surface area contributed by atoms with E-state index in [4.69, 9.17) is 0 Å². The van der Waals surface area contributed by atoms with E-state index in [9.17, 15) is 15.0 Å². The van der Waals surface area contributed by atoms with Crippen molar-refractivity contribution in [2.24, 2.45) is 0 Å². The number of aromatic nitrogens is 1. The smallest absolute Gasteiger partial charge is 0.336 e. The monoisotopic (exact) mass is 257 g/mol. The number of phenolic OH excluding ortho intramolecular Hbond substituents is 1. The normalized spacial score (nSPS) is 14.9. The molecule has 4 nitrogen and oxygen atoms in total. The van der Waals surface area contributed by atoms with Gasteiger partial charge >= 0.3 is 5.97 Å². The fourth-order valence-electron chi connectivity index (χ4n) is 2.84. The number of carbonyl (C=O) groups is 1. The highest BCUT2D eigenvalue weighted by Gasteiger charge is 2.21. The van der Waals surface area contributed by atoms with E-state index in [1.807, 2.05) is 0 Å². The molecule has 2 aromatic rings. The summed E-state index contributed by atoms with van der Waals surface area (Å²) in [6, 6.07) is 4.69. The fourth-order valence-corrected chi connectivity index (χ4v) is 2.84. The van der Waals surface area contributed by atoms with Crippen LogP contribution in [0.4, 0.5) is 0 Å². The van der Waals surface area contributed by atoms with Gasteiger partial charge in [-0.05, 0) is 43.4 Å². The minimum atomic E-state index is -0.906. The van der Waals surface area contributed by atoms with E-state index in [1.54, 1.807) is 6.07 Å². The highest BCUT2D eigenvalue weighted by molar-refractivity contribution is 6.04. The van der Waals surface area contributed by atoms with Gasteiger partial charge in [0, 0.05) is 17.1 Å². The second-order valence-corrected chi connectivity index (χ2v) is 4.98. The number of rotatable bonds is 1. The van der Waals surface area contributed by atoms with Crippen LogP contribution in [0.5, 0.6) is 5.75 Å². The molecule has 1 aliphatic rings. The number of carboxylic acid groups (broad SMARTS) is 1. The zero-order valence-electron chi connectivity index (χ0n) is 10.5. The Balaban J connectivity index is 2.36. The molecule has 0 saturated carbocycles. The van der Waals surface area contributed by atoms with E-state index >= 15 is 0 Å². The van der Waals surface area contributed by atoms with Gasteiger partial charge in [0.15, 0.2) is 0 Å². The van der Waals surface area contributed by atoms with Crippen molar-refractivity contribution >= 4 is 16.9 Å². The molecule has 0 saturated heterocycles. The molecule has 0 unspecified atom stereocenters. The second kappa shape index (κ2) is 4.53. The SMILES string of the molecule is O=C(O)c1c2c(nc3cc(O)ccc13)CCCCC2. The molecule has 0 fully saturated rings. The quantitative estimate of drug-likeness (QED) is 0.770. The lowest BCUT2D eigenvalue weighted by atomic mass is 9.97. The molecule has 0 aliphatic heterocycles. The first-order chi connectivity index (χ1) is 9.16. The third kappa shape index (κ3) is 2.03. The average molecular weight is 257 g/mol. The van der Waals surface area contributed by atoms with Crippen molar-refractivity contribution in [3.05, 3.63) is 35.0 Å². The third-order valence-electron chi connectivity index (χ3n) is 3.71. The van der Waals surface area contributed by atoms with Gasteiger partial charge in [0.25, 0.3) is 0 Å². The molecular weight excluding hydrogens is 242 g/mol. The van der Waals surface area contributed by atoms with Crippen LogP contribution in [-0.2, 0) is 12.8 Å². The summed E-state index contributed by atoms with van der Waals surface area (Å²) in [5.41, 5.74) is 2.69. The third-order valence-corrected chi connectivity index (χ3v) is 3.71. The van der Waals surface area contributed by atoms with Gasteiger partial charge in [-0.3, -0.25) is 4.98 Å². The molecule has 4 heteroatoms. The first kappa shape index (κ1) is 12.0. The Bertz CT molecular complexity index is 664. The number of phenols is 1. The van der Waals surface area contributed by atoms with Crippen molar-refractivity contribution in [3.8, 4) is 5.75 Å². The van der Waals surface area contributed by atoms with Crippen LogP contribution < -0.4 is 0 Å². The molecule has 1 heterocycles. The number of aromatic hydroxyl groups is 1. The molecule has 0 atom stereocenters. The van der Waals surface area contributed by atoms with E-state index in [-0.39, 0.29) is 5.75 Å². The first-order valence-corrected chi connectivity index (χ1v) is 6.54. The van der Waals surface area contributed by atoms with Crippen LogP contribution >= 0.6 is 0 Å². The van der Waals surface area contributed by atoms with Crippen molar-refractivity contribution in [2.75, 3.05) is 0 Å². The van der Waals surface area contributed by atoms with Crippen molar-refractivity contribution < 1.29 is 15.0 Å². The molecule has 98 valence electrons. The van der Waals surface area contributed by atoms with Crippen LogP contribution in [0.1, 0.15) is 40.9 Å². The standard InChI is InChI=1S/C15H15NO3/c17-9-6-7-11-13(8-9)16-12-5-3-1-2-4-10(12)14(11)15(18)19/h6-8,17H,1-5H2,(H,18,19). The van der Waals surface area contributed by atoms with Gasteiger partial charge in [-0.2, -0.15) is 0 Å². The summed E-state index contributed by atoms with van der Waals surface area (Å²) < 4.78 is 0. The minimum absolute atomic E-state index is 0.116. The topological polar surface area (TPSA) is 70.4 Å². The molecule has 19 heavy (non-hydrogen) atoms. The molecular formula is C15H15NO3. The Morgan fingerprint density at radius 1 is 1.16 bits per heavy atom. The lowest BCUT2D eigenvalue weighted by Gasteiger charge is -2.12. The Morgan fingerprint density at radius 2 is 1.95 bits per heavy atom. The van der Waals surface area contributed by atoms with Gasteiger partial charge in [-0.15, -0.1) is 0 Å². The van der Waals surface area contributed by atoms with Crippen molar-refractivity contribution in [3.63, 3.8) is 0 Å². The fraction of sp³-hybridized carbons (Fsp3) is 0.333. The molecule has 0 spiro atoms. The maximum absolute atomic E-state index is 11.6. The van der Waals surface area contributed by atoms with Crippen LogP contribution in [0.15, 0.2) is 18.2 Å². The van der Waals surface area contributed by atoms with E-state index in [1.165, 1.54) is 12.1 Å². The molecule has 0 bridgehead atoms. The van der Waals surface area contributed by atoms with E-state index in [2.05, 4.69) is 4.98 Å². The van der Waals surface area contributed by atoms with Gasteiger partial charge in [0.1, 0.15) is 5.75 Å². The summed E-state index contributed by atoms with van der Waals surface area (Å²) in [5.74, 6) is -0.791. The first-order valence-electron chi connectivity index (χ1n) is 6.54. The number of nitrogens with zero attached hydrogens (tertiary/aromatic N) is 1. The number of carboxylic acids is 1. The molecule has 2 N–H and O–H groups in total. The summed E-state index contributed by atoms with van der Waals surface area (Å²) in [6.45, 7) is 0. The number of hydrogen-bond donors (Lipinski definition) is 2. The van der Waals surface area contributed by atoms with Gasteiger partial charge < -0.3 is 10.2 Å². The van der Waals surface area contributed by atoms with Crippen LogP contribution in [0.3, 0.4) is 0 Å². The number of pyridine rings is 1. The summed E-state index contributed by atoms with van der Waals surface area (Å²) in [6.07, 6.45) is 4.76. The summed E-state index contributed by atoms with van der Waals surface area (Å²) in [5, 5.41) is 19.7. The lowest BCUT2D eigenvalue weighted by molar-refractivity contribution is 0.0697. The zero-order valence-corrected chi connectivity index (χ0v) is 10.5. The maximum Gasteiger partial charge on any atom is 0.336 e. The number of benzene rings is 1. The van der Waals surface area contributed by atoms with Crippen molar-refractivity contribution in [2.45, 2.75) is 32.1 Å². The molecule has 1 aromatic heterocycles. The molecule has 0 amide bonds. The van der Waals surface area contributed by atoms with E-state index in [0.29, 0.717) is 16.5 Å². The van der Waals surface area contributed by atoms with Crippen LogP contribution in [-0.4, -0.2) is 21.2 Å². The Hall–Kier alpha value is -2.10. The van der Waals surface area contributed by atoms with Gasteiger partial charge in [-0.1, -0.05) is 6.42 Å². The summed E-state index contributed by atoms with van der Waals surface area (Å²) >= 11 is 0. The Morgan fingerprint density at radius 3 is 2.74 bits per heavy atom. The molecule has 1 aromatic carbocycles. The molecule has 3 rings (SSSR count). The van der Waals surface area contributed by atoms with Crippen LogP contribution in [0.2, 0.25) is 0 Å². The molecule has 1 aliphatic carbocycles. The number of fused-ring (bicyclic) bond motifs is 2. The Kier molecular flexibility index (Phi) is 2.85. The number of aryl methyl sites for hydroxylation is 1. The van der Waals surface area contributed by atoms with Crippen molar-refractivity contribution in [1.82, 2.24) is 4.98 Å². The van der Waals surface area contributed by atoms with Gasteiger partial charge in [0.2, 0.25) is 0 Å². The predicted octanol–water partition coefficient (Wildman–Crippen LogP) is 2.91. The minimum Gasteiger partial charge on any atom is -0.508 e. The average Bonchev–Trinajstić information content (AvgIpc) is 2.60. The number of aromatic carboxylic acids is 1. The summed E-state index contributed by atoms with van der Waals surface area (Å²) in [4.78, 5) is 16.2. The number of hydrogen-bond acceptors (Lipinski definition) is 3. The molecule has 0 radical (unpaired) electrons. The van der Waals surface area contributed by atoms with Crippen LogP contribution in [0.25, 0.3) is 10.9 Å². The Labute approximate surface area is 110 Å². The van der Waals surface area contributed by atoms with Crippen LogP contribution in [0, 0.1) is 0 Å². The second-order valence-electron chi connectivity index (χ2n) is 4.98. The van der Waals surface area contributed by atoms with Gasteiger partial charge in [0.05, 0.1) is 11.1 Å². The highest BCUT2D eigenvalue weighted by atomic mass is 16.4. The highest BCUT2D eigenvalue weighted by Crippen LogP contribution is 2.30. The maximum atomic E-state index is 11.6. The summed E-state index contributed by atoms with van der Waals surface area (Å²) in [7, 11) is 0. The van der Waals surface area contributed by atoms with Crippen molar-refractivity contribution in [1.29, 1.82) is 0 Å². The largest absolute Gasteiger partial charge is 0.508 e. The zero-order chi connectivity index (χ0) is 13.4. The van der Waals surface area contributed by atoms with Gasteiger partial charge in [-0.25, -0.2) is 4.79 Å². The predicted molar refractivity (Wildman–Crippen MR) is 71.6 cm³/mol. The lowest BCUT2D eigenvalue weighted by Crippen LogP contribution is -2.08. The van der Waals surface area contributed by atoms with E-state index < -0.39 is 5.97 Å².